The lowest BCUT2D eigenvalue weighted by Crippen LogP contribution is -2.52. The molecular weight excluding hydrogens is 296 g/mol. The molecule has 0 radical (unpaired) electrons. The largest absolute Gasteiger partial charge is 0.481 e. The summed E-state index contributed by atoms with van der Waals surface area (Å²) >= 11 is 3.41. The second kappa shape index (κ2) is 5.71. The standard InChI is InChI=1S/C13H17BrN2O2/c1-15-6-7-16(12(9-15)8-13(17)18)11-4-2-10(14)3-5-11/h2-5,12H,6-9H2,1H3,(H,17,18). The summed E-state index contributed by atoms with van der Waals surface area (Å²) in [6, 6.07) is 8.09. The van der Waals surface area contributed by atoms with Gasteiger partial charge < -0.3 is 14.9 Å². The number of hydrogen-bond acceptors (Lipinski definition) is 3. The number of nitrogens with zero attached hydrogens (tertiary/aromatic N) is 2. The van der Waals surface area contributed by atoms with Gasteiger partial charge in [0.2, 0.25) is 0 Å². The van der Waals surface area contributed by atoms with Gasteiger partial charge in [-0.2, -0.15) is 0 Å². The topological polar surface area (TPSA) is 43.8 Å². The minimum absolute atomic E-state index is 0.0439. The highest BCUT2D eigenvalue weighted by atomic mass is 79.9. The van der Waals surface area contributed by atoms with E-state index in [9.17, 15) is 4.79 Å². The number of carboxylic acid groups (broad SMARTS) is 1. The van der Waals surface area contributed by atoms with Crippen LogP contribution < -0.4 is 4.90 Å². The Balaban J connectivity index is 2.17. The second-order valence-electron chi connectivity index (χ2n) is 4.68. The Kier molecular flexibility index (Phi) is 4.24. The third kappa shape index (κ3) is 3.23. The zero-order valence-electron chi connectivity index (χ0n) is 10.3. The van der Waals surface area contributed by atoms with E-state index in [0.29, 0.717) is 0 Å². The molecule has 1 aliphatic rings. The first-order valence-electron chi connectivity index (χ1n) is 5.99. The van der Waals surface area contributed by atoms with Crippen LogP contribution in [-0.4, -0.2) is 48.7 Å². The molecule has 1 unspecified atom stereocenters. The predicted octanol–water partition coefficient (Wildman–Crippen LogP) is 2.04. The lowest BCUT2D eigenvalue weighted by molar-refractivity contribution is -0.137. The van der Waals surface area contributed by atoms with Gasteiger partial charge in [0.25, 0.3) is 0 Å². The normalized spacial score (nSPS) is 21.0. The third-order valence-corrected chi connectivity index (χ3v) is 3.78. The van der Waals surface area contributed by atoms with Crippen LogP contribution in [0.25, 0.3) is 0 Å². The predicted molar refractivity (Wildman–Crippen MR) is 75.0 cm³/mol. The van der Waals surface area contributed by atoms with Crippen LogP contribution in [0.15, 0.2) is 28.7 Å². The molecule has 0 spiro atoms. The van der Waals surface area contributed by atoms with Crippen molar-refractivity contribution >= 4 is 27.6 Å². The number of piperazine rings is 1. The fourth-order valence-electron chi connectivity index (χ4n) is 2.36. The number of halogens is 1. The first-order valence-corrected chi connectivity index (χ1v) is 6.78. The summed E-state index contributed by atoms with van der Waals surface area (Å²) in [4.78, 5) is 15.3. The SMILES string of the molecule is CN1CCN(c2ccc(Br)cc2)C(CC(=O)O)C1. The van der Waals surface area contributed by atoms with Crippen LogP contribution in [0.2, 0.25) is 0 Å². The molecule has 0 amide bonds. The molecule has 1 aliphatic heterocycles. The van der Waals surface area contributed by atoms with Crippen LogP contribution in [0.4, 0.5) is 5.69 Å². The highest BCUT2D eigenvalue weighted by Crippen LogP contribution is 2.23. The number of carboxylic acids is 1. The zero-order valence-corrected chi connectivity index (χ0v) is 11.9. The Morgan fingerprint density at radius 2 is 2.06 bits per heavy atom. The van der Waals surface area contributed by atoms with E-state index in [4.69, 9.17) is 5.11 Å². The molecule has 1 aromatic carbocycles. The molecule has 1 N–H and O–H groups in total. The molecular formula is C13H17BrN2O2. The summed E-state index contributed by atoms with van der Waals surface area (Å²) in [7, 11) is 2.04. The number of carbonyl (C=O) groups is 1. The lowest BCUT2D eigenvalue weighted by Gasteiger charge is -2.41. The van der Waals surface area contributed by atoms with Crippen molar-refractivity contribution in [1.82, 2.24) is 4.90 Å². The molecule has 1 saturated heterocycles. The summed E-state index contributed by atoms with van der Waals surface area (Å²) in [5.41, 5.74) is 1.09. The van der Waals surface area contributed by atoms with Gasteiger partial charge in [0, 0.05) is 29.8 Å². The van der Waals surface area contributed by atoms with Crippen molar-refractivity contribution in [2.75, 3.05) is 31.6 Å². The van der Waals surface area contributed by atoms with E-state index < -0.39 is 5.97 Å². The minimum atomic E-state index is -0.739. The van der Waals surface area contributed by atoms with Crippen molar-refractivity contribution in [2.45, 2.75) is 12.5 Å². The van der Waals surface area contributed by atoms with Gasteiger partial charge in [-0.3, -0.25) is 4.79 Å². The van der Waals surface area contributed by atoms with Crippen molar-refractivity contribution < 1.29 is 9.90 Å². The first kappa shape index (κ1) is 13.4. The first-order chi connectivity index (χ1) is 8.56. The van der Waals surface area contributed by atoms with Crippen molar-refractivity contribution in [1.29, 1.82) is 0 Å². The zero-order chi connectivity index (χ0) is 13.1. The van der Waals surface area contributed by atoms with Crippen LogP contribution in [0.5, 0.6) is 0 Å². The van der Waals surface area contributed by atoms with E-state index in [0.717, 1.165) is 29.8 Å². The summed E-state index contributed by atoms with van der Waals surface area (Å²) in [6.07, 6.45) is 0.181. The van der Waals surface area contributed by atoms with Crippen molar-refractivity contribution in [3.8, 4) is 0 Å². The average Bonchev–Trinajstić information content (AvgIpc) is 2.30. The molecule has 0 aromatic heterocycles. The molecule has 1 atom stereocenters. The summed E-state index contributed by atoms with van der Waals surface area (Å²) in [6.45, 7) is 2.63. The number of anilines is 1. The average molecular weight is 313 g/mol. The van der Waals surface area contributed by atoms with Gasteiger partial charge >= 0.3 is 5.97 Å². The second-order valence-corrected chi connectivity index (χ2v) is 5.60. The van der Waals surface area contributed by atoms with Crippen molar-refractivity contribution in [2.24, 2.45) is 0 Å². The smallest absolute Gasteiger partial charge is 0.305 e. The molecule has 1 aromatic rings. The molecule has 98 valence electrons. The fraction of sp³-hybridized carbons (Fsp3) is 0.462. The van der Waals surface area contributed by atoms with Gasteiger partial charge in [0.05, 0.1) is 12.5 Å². The molecule has 18 heavy (non-hydrogen) atoms. The minimum Gasteiger partial charge on any atom is -0.481 e. The Morgan fingerprint density at radius 3 is 2.67 bits per heavy atom. The summed E-state index contributed by atoms with van der Waals surface area (Å²) in [5.74, 6) is -0.739. The van der Waals surface area contributed by atoms with E-state index in [1.165, 1.54) is 0 Å². The Hall–Kier alpha value is -1.07. The van der Waals surface area contributed by atoms with E-state index in [-0.39, 0.29) is 12.5 Å². The molecule has 1 fully saturated rings. The Bertz CT molecular complexity index is 422. The molecule has 0 saturated carbocycles. The number of likely N-dealkylation sites (N-methyl/N-ethyl adjacent to an activating group) is 1. The summed E-state index contributed by atoms with van der Waals surface area (Å²) < 4.78 is 1.04. The highest BCUT2D eigenvalue weighted by Gasteiger charge is 2.27. The van der Waals surface area contributed by atoms with Crippen LogP contribution in [0.3, 0.4) is 0 Å². The Morgan fingerprint density at radius 1 is 1.39 bits per heavy atom. The molecule has 4 nitrogen and oxygen atoms in total. The molecule has 1 heterocycles. The number of rotatable bonds is 3. The number of aliphatic carboxylic acids is 1. The highest BCUT2D eigenvalue weighted by molar-refractivity contribution is 9.10. The quantitative estimate of drug-likeness (QED) is 0.927. The van der Waals surface area contributed by atoms with Crippen LogP contribution in [-0.2, 0) is 4.79 Å². The van der Waals surface area contributed by atoms with E-state index >= 15 is 0 Å². The molecule has 0 bridgehead atoms. The Labute approximate surface area is 115 Å². The third-order valence-electron chi connectivity index (χ3n) is 3.25. The molecule has 0 aliphatic carbocycles. The molecule has 5 heteroatoms. The van der Waals surface area contributed by atoms with Gasteiger partial charge in [-0.25, -0.2) is 0 Å². The maximum Gasteiger partial charge on any atom is 0.305 e. The molecule has 2 rings (SSSR count). The van der Waals surface area contributed by atoms with E-state index in [1.54, 1.807) is 0 Å². The van der Waals surface area contributed by atoms with Crippen LogP contribution >= 0.6 is 15.9 Å². The van der Waals surface area contributed by atoms with Gasteiger partial charge in [0.15, 0.2) is 0 Å². The van der Waals surface area contributed by atoms with E-state index in [1.807, 2.05) is 31.3 Å². The number of hydrogen-bond donors (Lipinski definition) is 1. The monoisotopic (exact) mass is 312 g/mol. The lowest BCUT2D eigenvalue weighted by atomic mass is 10.1. The maximum absolute atomic E-state index is 11.0. The van der Waals surface area contributed by atoms with Gasteiger partial charge in [-0.1, -0.05) is 15.9 Å². The van der Waals surface area contributed by atoms with Gasteiger partial charge in [0.1, 0.15) is 0 Å². The maximum atomic E-state index is 11.0. The van der Waals surface area contributed by atoms with Gasteiger partial charge in [-0.15, -0.1) is 0 Å². The van der Waals surface area contributed by atoms with Crippen molar-refractivity contribution in [3.63, 3.8) is 0 Å². The van der Waals surface area contributed by atoms with Crippen molar-refractivity contribution in [3.05, 3.63) is 28.7 Å². The van der Waals surface area contributed by atoms with Gasteiger partial charge in [-0.05, 0) is 31.3 Å². The summed E-state index contributed by atoms with van der Waals surface area (Å²) in [5, 5.41) is 9.01. The van der Waals surface area contributed by atoms with E-state index in [2.05, 4.69) is 25.7 Å². The van der Waals surface area contributed by atoms with Crippen LogP contribution in [0.1, 0.15) is 6.42 Å². The fourth-order valence-corrected chi connectivity index (χ4v) is 2.62. The van der Waals surface area contributed by atoms with Crippen LogP contribution in [0, 0.1) is 0 Å². The number of benzene rings is 1.